The summed E-state index contributed by atoms with van der Waals surface area (Å²) in [6.45, 7) is 19.7. The van der Waals surface area contributed by atoms with Gasteiger partial charge in [0.05, 0.1) is 18.6 Å². The molecule has 1 fully saturated rings. The predicted octanol–water partition coefficient (Wildman–Crippen LogP) is 5.33. The smallest absolute Gasteiger partial charge is 0.225 e. The molecule has 174 valence electrons. The summed E-state index contributed by atoms with van der Waals surface area (Å²) < 4.78 is 12.0. The third-order valence-electron chi connectivity index (χ3n) is 7.90. The van der Waals surface area contributed by atoms with Crippen LogP contribution in [0.5, 0.6) is 0 Å². The lowest BCUT2D eigenvalue weighted by Crippen LogP contribution is -2.50. The molecule has 0 radical (unpaired) electrons. The van der Waals surface area contributed by atoms with Crippen LogP contribution in [0.2, 0.25) is 18.1 Å². The molecule has 1 saturated heterocycles. The van der Waals surface area contributed by atoms with Gasteiger partial charge in [0.1, 0.15) is 0 Å². The van der Waals surface area contributed by atoms with E-state index < -0.39 is 14.4 Å². The molecule has 30 heavy (non-hydrogen) atoms. The van der Waals surface area contributed by atoms with Crippen LogP contribution < -0.4 is 0 Å². The Balaban J connectivity index is 2.42. The Bertz CT molecular complexity index is 642. The molecule has 4 atom stereocenters. The molecular weight excluding hydrogens is 396 g/mol. The molecule has 0 aromatic rings. The molecule has 0 unspecified atom stereocenters. The molecule has 0 aromatic heterocycles. The van der Waals surface area contributed by atoms with Crippen molar-refractivity contribution in [1.82, 2.24) is 4.90 Å². The second kappa shape index (κ2) is 9.70. The highest BCUT2D eigenvalue weighted by Gasteiger charge is 2.49. The maximum atomic E-state index is 12.2. The minimum absolute atomic E-state index is 0.0236. The first-order valence-corrected chi connectivity index (χ1v) is 14.4. The lowest BCUT2D eigenvalue weighted by atomic mass is 9.71. The molecular formula is C23H44N2O4Si. The molecule has 1 heterocycles. The number of hydrogen-bond acceptors (Lipinski definition) is 5. The molecule has 0 aromatic carbocycles. The molecule has 2 rings (SSSR count). The summed E-state index contributed by atoms with van der Waals surface area (Å²) in [7, 11) is -0.232. The number of rotatable bonds is 8. The normalized spacial score (nSPS) is 28.5. The van der Waals surface area contributed by atoms with Gasteiger partial charge in [0.15, 0.2) is 8.32 Å². The molecule has 1 aliphatic heterocycles. The van der Waals surface area contributed by atoms with Crippen molar-refractivity contribution in [2.45, 2.75) is 91.0 Å². The SMILES string of the molecule is COC[C@@H]1CCCN1C1=C(C)[C@H](CO[Si](C)(C)C(C)(C)C)[C@H]([N+](=O)[O-])[C@@H](C(C)C)C1. The Morgan fingerprint density at radius 3 is 2.40 bits per heavy atom. The van der Waals surface area contributed by atoms with Gasteiger partial charge in [-0.1, -0.05) is 34.6 Å². The summed E-state index contributed by atoms with van der Waals surface area (Å²) in [6, 6.07) is -0.205. The number of nitrogens with zero attached hydrogens (tertiary/aromatic N) is 2. The van der Waals surface area contributed by atoms with Gasteiger partial charge in [-0.2, -0.15) is 0 Å². The second-order valence-electron chi connectivity index (χ2n) is 11.1. The molecule has 7 heteroatoms. The monoisotopic (exact) mass is 440 g/mol. The van der Waals surface area contributed by atoms with Gasteiger partial charge in [-0.05, 0) is 55.8 Å². The van der Waals surface area contributed by atoms with Crippen molar-refractivity contribution >= 4 is 8.32 Å². The van der Waals surface area contributed by atoms with Gasteiger partial charge in [0.25, 0.3) is 0 Å². The number of ether oxygens (including phenoxy) is 1. The van der Waals surface area contributed by atoms with Gasteiger partial charge < -0.3 is 14.1 Å². The van der Waals surface area contributed by atoms with Crippen molar-refractivity contribution in [1.29, 1.82) is 0 Å². The molecule has 1 aliphatic carbocycles. The van der Waals surface area contributed by atoms with Crippen LogP contribution in [0, 0.1) is 27.9 Å². The first kappa shape index (κ1) is 25.3. The highest BCUT2D eigenvalue weighted by molar-refractivity contribution is 6.74. The number of hydrogen-bond donors (Lipinski definition) is 0. The van der Waals surface area contributed by atoms with Gasteiger partial charge in [0.2, 0.25) is 6.04 Å². The first-order chi connectivity index (χ1) is 13.8. The van der Waals surface area contributed by atoms with E-state index in [-0.39, 0.29) is 27.7 Å². The largest absolute Gasteiger partial charge is 0.416 e. The van der Waals surface area contributed by atoms with E-state index in [2.05, 4.69) is 59.5 Å². The molecule has 0 bridgehead atoms. The summed E-state index contributed by atoms with van der Waals surface area (Å²) in [6.07, 6.45) is 3.06. The Morgan fingerprint density at radius 1 is 1.27 bits per heavy atom. The van der Waals surface area contributed by atoms with Gasteiger partial charge in [0, 0.05) is 36.8 Å². The van der Waals surface area contributed by atoms with Crippen LogP contribution >= 0.6 is 0 Å². The van der Waals surface area contributed by atoms with Crippen molar-refractivity contribution in [3.8, 4) is 0 Å². The average Bonchev–Trinajstić information content (AvgIpc) is 3.07. The van der Waals surface area contributed by atoms with Crippen molar-refractivity contribution in [3.63, 3.8) is 0 Å². The molecule has 0 N–H and O–H groups in total. The van der Waals surface area contributed by atoms with E-state index in [1.165, 1.54) is 5.70 Å². The van der Waals surface area contributed by atoms with E-state index in [0.717, 1.165) is 31.4 Å². The van der Waals surface area contributed by atoms with Crippen molar-refractivity contribution in [2.24, 2.45) is 17.8 Å². The molecule has 2 aliphatic rings. The minimum atomic E-state index is -1.99. The number of methoxy groups -OCH3 is 1. The third kappa shape index (κ3) is 5.28. The number of nitro groups is 1. The van der Waals surface area contributed by atoms with Gasteiger partial charge >= 0.3 is 0 Å². The Hall–Kier alpha value is -0.923. The summed E-state index contributed by atoms with van der Waals surface area (Å²) in [5.74, 6) is 0.104. The highest BCUT2D eigenvalue weighted by atomic mass is 28.4. The standard InChI is InChI=1S/C23H44N2O4Si/c1-16(2)19-13-21(24-12-10-11-18(24)14-28-7)17(3)20(22(19)25(26)27)15-29-30(8,9)23(4,5)6/h16,18-20,22H,10-15H2,1-9H3/t18-,19+,20-,22+/m0/s1. The average molecular weight is 441 g/mol. The van der Waals surface area contributed by atoms with E-state index in [4.69, 9.17) is 9.16 Å². The van der Waals surface area contributed by atoms with E-state index in [0.29, 0.717) is 19.3 Å². The van der Waals surface area contributed by atoms with Crippen molar-refractivity contribution < 1.29 is 14.1 Å². The molecule has 6 nitrogen and oxygen atoms in total. The maximum Gasteiger partial charge on any atom is 0.225 e. The zero-order valence-corrected chi connectivity index (χ0v) is 21.7. The first-order valence-electron chi connectivity index (χ1n) is 11.5. The lowest BCUT2D eigenvalue weighted by Gasteiger charge is -2.43. The van der Waals surface area contributed by atoms with Crippen LogP contribution in [0.25, 0.3) is 0 Å². The van der Waals surface area contributed by atoms with Gasteiger partial charge in [-0.25, -0.2) is 0 Å². The van der Waals surface area contributed by atoms with Crippen LogP contribution in [0.4, 0.5) is 0 Å². The summed E-state index contributed by atoms with van der Waals surface area (Å²) in [5.41, 5.74) is 2.48. The predicted molar refractivity (Wildman–Crippen MR) is 125 cm³/mol. The van der Waals surface area contributed by atoms with E-state index in [9.17, 15) is 10.1 Å². The fourth-order valence-corrected chi connectivity index (χ4v) is 5.87. The van der Waals surface area contributed by atoms with E-state index in [1.807, 2.05) is 0 Å². The Kier molecular flexibility index (Phi) is 8.19. The number of likely N-dealkylation sites (tertiary alicyclic amines) is 1. The lowest BCUT2D eigenvalue weighted by molar-refractivity contribution is -0.543. The third-order valence-corrected chi connectivity index (χ3v) is 12.4. The van der Waals surface area contributed by atoms with Crippen LogP contribution in [0.3, 0.4) is 0 Å². The Labute approximate surface area is 184 Å². The van der Waals surface area contributed by atoms with Gasteiger partial charge in [-0.15, -0.1) is 0 Å². The van der Waals surface area contributed by atoms with Crippen LogP contribution in [0.1, 0.15) is 60.8 Å². The number of allylic oxidation sites excluding steroid dienone is 1. The van der Waals surface area contributed by atoms with Crippen molar-refractivity contribution in [3.05, 3.63) is 21.4 Å². The van der Waals surface area contributed by atoms with Crippen LogP contribution in [-0.2, 0) is 9.16 Å². The van der Waals surface area contributed by atoms with Crippen molar-refractivity contribution in [2.75, 3.05) is 26.9 Å². The maximum absolute atomic E-state index is 12.2. The fourth-order valence-electron chi connectivity index (χ4n) is 4.85. The Morgan fingerprint density at radius 2 is 1.90 bits per heavy atom. The zero-order valence-electron chi connectivity index (χ0n) is 20.7. The van der Waals surface area contributed by atoms with E-state index in [1.54, 1.807) is 7.11 Å². The summed E-state index contributed by atoms with van der Waals surface area (Å²) >= 11 is 0. The molecule has 0 saturated carbocycles. The molecule has 0 spiro atoms. The minimum Gasteiger partial charge on any atom is -0.416 e. The molecule has 0 amide bonds. The zero-order chi connectivity index (χ0) is 22.9. The fraction of sp³-hybridized carbons (Fsp3) is 0.913. The second-order valence-corrected chi connectivity index (χ2v) is 15.9. The summed E-state index contributed by atoms with van der Waals surface area (Å²) in [5, 5.41) is 12.3. The summed E-state index contributed by atoms with van der Waals surface area (Å²) in [4.78, 5) is 14.7. The van der Waals surface area contributed by atoms with Crippen LogP contribution in [0.15, 0.2) is 11.3 Å². The van der Waals surface area contributed by atoms with Gasteiger partial charge in [-0.3, -0.25) is 10.1 Å². The quantitative estimate of drug-likeness (QED) is 0.290. The topological polar surface area (TPSA) is 64.8 Å². The van der Waals surface area contributed by atoms with E-state index >= 15 is 0 Å². The van der Waals surface area contributed by atoms with Crippen LogP contribution in [-0.4, -0.2) is 57.1 Å². The highest BCUT2D eigenvalue weighted by Crippen LogP contribution is 2.44.